The van der Waals surface area contributed by atoms with Crippen LogP contribution in [0.25, 0.3) is 5.65 Å². The first-order valence-corrected chi connectivity index (χ1v) is 9.59. The first kappa shape index (κ1) is 19.3. The summed E-state index contributed by atoms with van der Waals surface area (Å²) in [5.41, 5.74) is 2.00. The molecule has 9 nitrogen and oxygen atoms in total. The van der Waals surface area contributed by atoms with Crippen LogP contribution in [-0.2, 0) is 0 Å². The largest absolute Gasteiger partial charge is 0.368 e. The van der Waals surface area contributed by atoms with Crippen molar-refractivity contribution in [2.24, 2.45) is 0 Å². The second-order valence-electron chi connectivity index (χ2n) is 6.68. The second kappa shape index (κ2) is 8.56. The zero-order valence-corrected chi connectivity index (χ0v) is 16.8. The molecule has 30 heavy (non-hydrogen) atoms. The van der Waals surface area contributed by atoms with E-state index in [4.69, 9.17) is 0 Å². The van der Waals surface area contributed by atoms with Gasteiger partial charge in [-0.1, -0.05) is 12.1 Å². The van der Waals surface area contributed by atoms with Crippen molar-refractivity contribution >= 4 is 29.0 Å². The Hall–Kier alpha value is -4.01. The minimum absolute atomic E-state index is 0.163. The molecule has 4 aromatic rings. The highest BCUT2D eigenvalue weighted by Crippen LogP contribution is 2.15. The molecule has 0 saturated heterocycles. The lowest BCUT2D eigenvalue weighted by Crippen LogP contribution is -2.30. The van der Waals surface area contributed by atoms with E-state index in [1.54, 1.807) is 16.7 Å². The number of rotatable bonds is 7. The Morgan fingerprint density at radius 3 is 2.63 bits per heavy atom. The summed E-state index contributed by atoms with van der Waals surface area (Å²) in [5, 5.41) is 9.30. The van der Waals surface area contributed by atoms with Crippen LogP contribution in [0.15, 0.2) is 54.9 Å². The van der Waals surface area contributed by atoms with Crippen molar-refractivity contribution in [3.05, 3.63) is 72.1 Å². The lowest BCUT2D eigenvalue weighted by Gasteiger charge is -2.10. The molecule has 0 spiro atoms. The van der Waals surface area contributed by atoms with Crippen LogP contribution in [-0.4, -0.2) is 43.3 Å². The maximum atomic E-state index is 12.6. The zero-order valence-electron chi connectivity index (χ0n) is 16.8. The molecule has 4 heterocycles. The Bertz CT molecular complexity index is 1170. The maximum Gasteiger partial charge on any atom is 0.270 e. The highest BCUT2D eigenvalue weighted by Gasteiger charge is 2.15. The van der Waals surface area contributed by atoms with E-state index in [-0.39, 0.29) is 5.91 Å². The third-order valence-electron chi connectivity index (χ3n) is 4.39. The number of imidazole rings is 1. The van der Waals surface area contributed by atoms with Gasteiger partial charge in [-0.15, -0.1) is 0 Å². The summed E-state index contributed by atoms with van der Waals surface area (Å²) in [5.74, 6) is 2.49. The molecule has 9 heteroatoms. The number of nitrogens with one attached hydrogen (secondary N) is 3. The number of hydrogen-bond donors (Lipinski definition) is 3. The molecule has 0 radical (unpaired) electrons. The van der Waals surface area contributed by atoms with Crippen LogP contribution >= 0.6 is 0 Å². The number of carbonyl (C=O) groups is 1. The number of pyridine rings is 2. The number of anilines is 3. The summed E-state index contributed by atoms with van der Waals surface area (Å²) in [6.45, 7) is 4.61. The smallest absolute Gasteiger partial charge is 0.270 e. The molecule has 1 amide bonds. The SMILES string of the molecule is Cc1nc(NCCNC(=O)c2c(C)nc3ccccn23)cc(Nc2ccccn2)n1. The van der Waals surface area contributed by atoms with Crippen LogP contribution in [0.5, 0.6) is 0 Å². The van der Waals surface area contributed by atoms with Gasteiger partial charge in [0, 0.05) is 31.5 Å². The fraction of sp³-hybridized carbons (Fsp3) is 0.190. The monoisotopic (exact) mass is 402 g/mol. The van der Waals surface area contributed by atoms with Gasteiger partial charge in [0.1, 0.15) is 34.6 Å². The van der Waals surface area contributed by atoms with Gasteiger partial charge in [0.05, 0.1) is 5.69 Å². The quantitative estimate of drug-likeness (QED) is 0.408. The maximum absolute atomic E-state index is 12.6. The predicted octanol–water partition coefficient (Wildman–Crippen LogP) is 2.72. The van der Waals surface area contributed by atoms with Crippen molar-refractivity contribution in [3.8, 4) is 0 Å². The highest BCUT2D eigenvalue weighted by atomic mass is 16.1. The number of hydrogen-bond acceptors (Lipinski definition) is 7. The normalized spacial score (nSPS) is 10.7. The topological polar surface area (TPSA) is 109 Å². The first-order valence-electron chi connectivity index (χ1n) is 9.59. The number of aromatic nitrogens is 5. The average Bonchev–Trinajstić information content (AvgIpc) is 3.07. The van der Waals surface area contributed by atoms with E-state index >= 15 is 0 Å². The van der Waals surface area contributed by atoms with Crippen molar-refractivity contribution in [2.45, 2.75) is 13.8 Å². The zero-order chi connectivity index (χ0) is 20.9. The molecule has 0 aromatic carbocycles. The second-order valence-corrected chi connectivity index (χ2v) is 6.68. The van der Waals surface area contributed by atoms with Crippen LogP contribution in [0, 0.1) is 13.8 Å². The van der Waals surface area contributed by atoms with Crippen LogP contribution in [0.2, 0.25) is 0 Å². The fourth-order valence-electron chi connectivity index (χ4n) is 3.13. The Morgan fingerprint density at radius 1 is 0.967 bits per heavy atom. The first-order chi connectivity index (χ1) is 14.6. The third kappa shape index (κ3) is 4.35. The Labute approximate surface area is 173 Å². The van der Waals surface area contributed by atoms with E-state index in [1.165, 1.54) is 0 Å². The Morgan fingerprint density at radius 2 is 1.80 bits per heavy atom. The summed E-state index contributed by atoms with van der Waals surface area (Å²) >= 11 is 0. The van der Waals surface area contributed by atoms with Crippen molar-refractivity contribution in [3.63, 3.8) is 0 Å². The van der Waals surface area contributed by atoms with E-state index in [1.807, 2.05) is 56.4 Å². The molecule has 0 bridgehead atoms. The van der Waals surface area contributed by atoms with Crippen molar-refractivity contribution < 1.29 is 4.79 Å². The molecule has 0 fully saturated rings. The molecule has 0 aliphatic carbocycles. The lowest BCUT2D eigenvalue weighted by atomic mass is 10.3. The van der Waals surface area contributed by atoms with Crippen molar-refractivity contribution in [2.75, 3.05) is 23.7 Å². The summed E-state index contributed by atoms with van der Waals surface area (Å²) in [7, 11) is 0. The summed E-state index contributed by atoms with van der Waals surface area (Å²) < 4.78 is 1.79. The molecule has 0 aliphatic heterocycles. The summed E-state index contributed by atoms with van der Waals surface area (Å²) in [4.78, 5) is 30.0. The van der Waals surface area contributed by atoms with E-state index < -0.39 is 0 Å². The standard InChI is InChI=1S/C21H22N8O/c1-14-20(29-12-6-4-8-19(29)25-14)21(30)24-11-10-23-17-13-18(27-15(2)26-17)28-16-7-3-5-9-22-16/h3-9,12-13H,10-11H2,1-2H3,(H,24,30)(H2,22,23,26,27,28). The number of fused-ring (bicyclic) bond motifs is 1. The van der Waals surface area contributed by atoms with Crippen LogP contribution in [0.4, 0.5) is 17.5 Å². The minimum atomic E-state index is -0.163. The number of nitrogens with zero attached hydrogens (tertiary/aromatic N) is 5. The molecule has 0 atom stereocenters. The molecule has 0 aliphatic rings. The van der Waals surface area contributed by atoms with E-state index in [0.717, 1.165) is 5.65 Å². The molecule has 3 N–H and O–H groups in total. The van der Waals surface area contributed by atoms with Gasteiger partial charge < -0.3 is 16.0 Å². The van der Waals surface area contributed by atoms with Gasteiger partial charge in [-0.25, -0.2) is 19.9 Å². The lowest BCUT2D eigenvalue weighted by molar-refractivity contribution is 0.0948. The number of carbonyl (C=O) groups excluding carboxylic acids is 1. The van der Waals surface area contributed by atoms with Crippen LogP contribution < -0.4 is 16.0 Å². The molecule has 0 unspecified atom stereocenters. The van der Waals surface area contributed by atoms with Crippen LogP contribution in [0.1, 0.15) is 22.0 Å². The summed E-state index contributed by atoms with van der Waals surface area (Å²) in [6.07, 6.45) is 3.55. The number of aryl methyl sites for hydroxylation is 2. The van der Waals surface area contributed by atoms with E-state index in [9.17, 15) is 4.79 Å². The van der Waals surface area contributed by atoms with Gasteiger partial charge in [0.2, 0.25) is 0 Å². The summed E-state index contributed by atoms with van der Waals surface area (Å²) in [6, 6.07) is 13.1. The van der Waals surface area contributed by atoms with E-state index in [0.29, 0.717) is 47.8 Å². The number of amides is 1. The Balaban J connectivity index is 1.35. The molecule has 4 aromatic heterocycles. The van der Waals surface area contributed by atoms with Gasteiger partial charge >= 0.3 is 0 Å². The van der Waals surface area contributed by atoms with Gasteiger partial charge in [-0.05, 0) is 38.1 Å². The predicted molar refractivity (Wildman–Crippen MR) is 115 cm³/mol. The molecule has 152 valence electrons. The average molecular weight is 402 g/mol. The highest BCUT2D eigenvalue weighted by molar-refractivity contribution is 5.94. The van der Waals surface area contributed by atoms with Crippen molar-refractivity contribution in [1.29, 1.82) is 0 Å². The minimum Gasteiger partial charge on any atom is -0.368 e. The van der Waals surface area contributed by atoms with Gasteiger partial charge in [-0.2, -0.15) is 0 Å². The fourth-order valence-corrected chi connectivity index (χ4v) is 3.13. The molecule has 4 rings (SSSR count). The van der Waals surface area contributed by atoms with Gasteiger partial charge in [0.25, 0.3) is 5.91 Å². The van der Waals surface area contributed by atoms with Gasteiger partial charge in [0.15, 0.2) is 0 Å². The van der Waals surface area contributed by atoms with E-state index in [2.05, 4.69) is 35.9 Å². The van der Waals surface area contributed by atoms with Crippen LogP contribution in [0.3, 0.4) is 0 Å². The third-order valence-corrected chi connectivity index (χ3v) is 4.39. The molecule has 0 saturated carbocycles. The van der Waals surface area contributed by atoms with Crippen molar-refractivity contribution in [1.82, 2.24) is 29.7 Å². The molecular formula is C21H22N8O. The molecular weight excluding hydrogens is 380 g/mol. The van der Waals surface area contributed by atoms with Gasteiger partial charge in [-0.3, -0.25) is 9.20 Å². The Kier molecular flexibility index (Phi) is 5.51.